The van der Waals surface area contributed by atoms with Gasteiger partial charge in [0.25, 0.3) is 0 Å². The molecule has 0 saturated carbocycles. The van der Waals surface area contributed by atoms with E-state index in [1.807, 2.05) is 0 Å². The van der Waals surface area contributed by atoms with Crippen LogP contribution in [0.15, 0.2) is 12.7 Å². The van der Waals surface area contributed by atoms with Gasteiger partial charge in [-0.2, -0.15) is 0 Å². The van der Waals surface area contributed by atoms with Gasteiger partial charge in [0.1, 0.15) is 15.6 Å². The van der Waals surface area contributed by atoms with Crippen LogP contribution in [0.2, 0.25) is 0 Å². The van der Waals surface area contributed by atoms with Crippen molar-refractivity contribution in [3.05, 3.63) is 17.5 Å². The lowest BCUT2D eigenvalue weighted by Gasteiger charge is -2.03. The summed E-state index contributed by atoms with van der Waals surface area (Å²) in [4.78, 5) is 11.7. The summed E-state index contributed by atoms with van der Waals surface area (Å²) >= 11 is 1.20. The summed E-state index contributed by atoms with van der Waals surface area (Å²) in [5.41, 5.74) is 6.08. The van der Waals surface area contributed by atoms with Crippen LogP contribution in [0.5, 0.6) is 5.75 Å². The number of carbonyl (C=O) groups excluding carboxylic acids is 1. The average molecular weight is 242 g/mol. The molecule has 0 fully saturated rings. The normalized spacial score (nSPS) is 9.62. The Labute approximate surface area is 97.9 Å². The van der Waals surface area contributed by atoms with Gasteiger partial charge in [0, 0.05) is 6.54 Å². The largest absolute Gasteiger partial charge is 0.492 e. The maximum absolute atomic E-state index is 11.4. The van der Waals surface area contributed by atoms with E-state index in [9.17, 15) is 4.79 Å². The number of hydrogen-bond donors (Lipinski definition) is 2. The number of rotatable bonds is 5. The van der Waals surface area contributed by atoms with Gasteiger partial charge in [-0.1, -0.05) is 6.08 Å². The Morgan fingerprint density at radius 2 is 2.31 bits per heavy atom. The van der Waals surface area contributed by atoms with E-state index in [4.69, 9.17) is 10.5 Å². The number of nitrogens with one attached hydrogen (secondary N) is 1. The second-order valence-electron chi connectivity index (χ2n) is 2.87. The predicted molar refractivity (Wildman–Crippen MR) is 65.3 cm³/mol. The number of carbonyl (C=O) groups is 1. The highest BCUT2D eigenvalue weighted by Gasteiger charge is 2.21. The van der Waals surface area contributed by atoms with Gasteiger partial charge in [0.05, 0.1) is 14.2 Å². The second-order valence-corrected chi connectivity index (χ2v) is 3.89. The van der Waals surface area contributed by atoms with Crippen LogP contribution >= 0.6 is 11.3 Å². The van der Waals surface area contributed by atoms with E-state index in [1.165, 1.54) is 25.6 Å². The summed E-state index contributed by atoms with van der Waals surface area (Å²) in [5.74, 6) is -0.000275. The SMILES string of the molecule is C=CCNc1sc(C(=O)OC)c(N)c1OC. The highest BCUT2D eigenvalue weighted by atomic mass is 32.1. The topological polar surface area (TPSA) is 73.6 Å². The van der Waals surface area contributed by atoms with Crippen LogP contribution in [0.3, 0.4) is 0 Å². The van der Waals surface area contributed by atoms with Crippen molar-refractivity contribution in [3.8, 4) is 5.75 Å². The first kappa shape index (κ1) is 12.4. The molecule has 0 aliphatic rings. The molecular formula is C10H14N2O3S. The molecule has 0 amide bonds. The monoisotopic (exact) mass is 242 g/mol. The number of hydrogen-bond acceptors (Lipinski definition) is 6. The highest BCUT2D eigenvalue weighted by Crippen LogP contribution is 2.42. The predicted octanol–water partition coefficient (Wildman–Crippen LogP) is 1.72. The standard InChI is InChI=1S/C10H14N2O3S/c1-4-5-12-9-7(14-2)6(11)8(16-9)10(13)15-3/h4,12H,1,5,11H2,2-3H3. The Kier molecular flexibility index (Phi) is 4.19. The summed E-state index contributed by atoms with van der Waals surface area (Å²) in [7, 11) is 2.81. The van der Waals surface area contributed by atoms with Crippen LogP contribution in [0.25, 0.3) is 0 Å². The summed E-state index contributed by atoms with van der Waals surface area (Å²) in [5, 5.41) is 3.74. The van der Waals surface area contributed by atoms with Gasteiger partial charge in [-0.3, -0.25) is 0 Å². The van der Waals surface area contributed by atoms with Crippen molar-refractivity contribution in [2.24, 2.45) is 0 Å². The Morgan fingerprint density at radius 1 is 1.62 bits per heavy atom. The zero-order valence-corrected chi connectivity index (χ0v) is 10.0. The molecular weight excluding hydrogens is 228 g/mol. The van der Waals surface area contributed by atoms with Crippen molar-refractivity contribution in [2.45, 2.75) is 0 Å². The molecule has 0 aromatic carbocycles. The third kappa shape index (κ3) is 2.27. The van der Waals surface area contributed by atoms with Gasteiger partial charge < -0.3 is 20.5 Å². The number of methoxy groups -OCH3 is 2. The lowest BCUT2D eigenvalue weighted by Crippen LogP contribution is -2.02. The first-order valence-corrected chi connectivity index (χ1v) is 5.36. The molecule has 0 saturated heterocycles. The van der Waals surface area contributed by atoms with Crippen molar-refractivity contribution in [3.63, 3.8) is 0 Å². The molecule has 0 bridgehead atoms. The zero-order chi connectivity index (χ0) is 12.1. The van der Waals surface area contributed by atoms with E-state index in [0.29, 0.717) is 27.9 Å². The van der Waals surface area contributed by atoms with E-state index < -0.39 is 5.97 Å². The van der Waals surface area contributed by atoms with Crippen LogP contribution < -0.4 is 15.8 Å². The molecule has 0 aliphatic carbocycles. The van der Waals surface area contributed by atoms with Crippen molar-refractivity contribution < 1.29 is 14.3 Å². The molecule has 6 heteroatoms. The van der Waals surface area contributed by atoms with Crippen molar-refractivity contribution in [1.29, 1.82) is 0 Å². The van der Waals surface area contributed by atoms with E-state index in [2.05, 4.69) is 16.6 Å². The maximum atomic E-state index is 11.4. The molecule has 5 nitrogen and oxygen atoms in total. The molecule has 0 unspecified atom stereocenters. The van der Waals surface area contributed by atoms with Gasteiger partial charge >= 0.3 is 5.97 Å². The van der Waals surface area contributed by atoms with Gasteiger partial charge in [-0.15, -0.1) is 17.9 Å². The molecule has 1 heterocycles. The molecule has 0 atom stereocenters. The Hall–Kier alpha value is -1.69. The van der Waals surface area contributed by atoms with Crippen molar-refractivity contribution in [2.75, 3.05) is 31.8 Å². The molecule has 0 radical (unpaired) electrons. The van der Waals surface area contributed by atoms with Gasteiger partial charge in [-0.25, -0.2) is 4.79 Å². The smallest absolute Gasteiger partial charge is 0.350 e. The minimum absolute atomic E-state index is 0.297. The quantitative estimate of drug-likeness (QED) is 0.607. The molecule has 88 valence electrons. The van der Waals surface area contributed by atoms with Gasteiger partial charge in [0.2, 0.25) is 0 Å². The van der Waals surface area contributed by atoms with Gasteiger partial charge in [-0.05, 0) is 0 Å². The fourth-order valence-corrected chi connectivity index (χ4v) is 2.17. The summed E-state index contributed by atoms with van der Waals surface area (Å²) in [6.07, 6.45) is 1.70. The highest BCUT2D eigenvalue weighted by molar-refractivity contribution is 7.19. The number of ether oxygens (including phenoxy) is 2. The fourth-order valence-electron chi connectivity index (χ4n) is 1.16. The van der Waals surface area contributed by atoms with Crippen molar-refractivity contribution >= 4 is 28.0 Å². The molecule has 0 aliphatic heterocycles. The van der Waals surface area contributed by atoms with E-state index in [1.54, 1.807) is 6.08 Å². The molecule has 16 heavy (non-hydrogen) atoms. The fraction of sp³-hybridized carbons (Fsp3) is 0.300. The minimum Gasteiger partial charge on any atom is -0.492 e. The first-order valence-electron chi connectivity index (χ1n) is 4.55. The van der Waals surface area contributed by atoms with E-state index in [0.717, 1.165) is 0 Å². The maximum Gasteiger partial charge on any atom is 0.350 e. The van der Waals surface area contributed by atoms with E-state index in [-0.39, 0.29) is 0 Å². The third-order valence-electron chi connectivity index (χ3n) is 1.88. The Balaban J connectivity index is 3.08. The number of nitrogen functional groups attached to an aromatic ring is 1. The first-order chi connectivity index (χ1) is 7.65. The zero-order valence-electron chi connectivity index (χ0n) is 9.20. The Bertz CT molecular complexity index is 401. The van der Waals surface area contributed by atoms with Crippen LogP contribution in [0, 0.1) is 0 Å². The van der Waals surface area contributed by atoms with Crippen LogP contribution in [-0.4, -0.2) is 26.7 Å². The minimum atomic E-state index is -0.465. The van der Waals surface area contributed by atoms with Crippen LogP contribution in [0.1, 0.15) is 9.67 Å². The van der Waals surface area contributed by atoms with Crippen molar-refractivity contribution in [1.82, 2.24) is 0 Å². The molecule has 1 aromatic heterocycles. The summed E-state index contributed by atoms with van der Waals surface area (Å²) < 4.78 is 9.75. The molecule has 0 spiro atoms. The van der Waals surface area contributed by atoms with Crippen LogP contribution in [0.4, 0.5) is 10.7 Å². The number of thiophene rings is 1. The number of anilines is 2. The van der Waals surface area contributed by atoms with Crippen LogP contribution in [-0.2, 0) is 4.74 Å². The van der Waals surface area contributed by atoms with E-state index >= 15 is 0 Å². The lowest BCUT2D eigenvalue weighted by atomic mass is 10.3. The second kappa shape index (κ2) is 5.41. The molecule has 3 N–H and O–H groups in total. The molecule has 1 aromatic rings. The summed E-state index contributed by atoms with van der Waals surface area (Å²) in [6, 6.07) is 0. The lowest BCUT2D eigenvalue weighted by molar-refractivity contribution is 0.0607. The number of esters is 1. The summed E-state index contributed by atoms with van der Waals surface area (Å²) in [6.45, 7) is 4.16. The third-order valence-corrected chi connectivity index (χ3v) is 3.01. The van der Waals surface area contributed by atoms with Gasteiger partial charge in [0.15, 0.2) is 5.75 Å². The number of nitrogens with two attached hydrogens (primary N) is 1. The Morgan fingerprint density at radius 3 is 2.81 bits per heavy atom. The molecule has 1 rings (SSSR count). The average Bonchev–Trinajstić information content (AvgIpc) is 2.62.